The number of aryl methyl sites for hydroxylation is 2. The molecule has 0 saturated carbocycles. The first-order valence-corrected chi connectivity index (χ1v) is 9.72. The van der Waals surface area contributed by atoms with Crippen molar-refractivity contribution in [1.29, 1.82) is 0 Å². The van der Waals surface area contributed by atoms with Crippen LogP contribution in [-0.2, 0) is 6.42 Å². The second-order valence-electron chi connectivity index (χ2n) is 7.39. The predicted molar refractivity (Wildman–Crippen MR) is 120 cm³/mol. The molecular formula is C27H25N. The Kier molecular flexibility index (Phi) is 4.99. The van der Waals surface area contributed by atoms with Gasteiger partial charge in [0.1, 0.15) is 0 Å². The summed E-state index contributed by atoms with van der Waals surface area (Å²) in [5, 5.41) is 0. The van der Waals surface area contributed by atoms with Crippen molar-refractivity contribution >= 4 is 5.69 Å². The van der Waals surface area contributed by atoms with E-state index in [0.717, 1.165) is 17.7 Å². The third-order valence-corrected chi connectivity index (χ3v) is 5.37. The van der Waals surface area contributed by atoms with E-state index in [-0.39, 0.29) is 0 Å². The van der Waals surface area contributed by atoms with E-state index in [1.54, 1.807) is 0 Å². The van der Waals surface area contributed by atoms with Gasteiger partial charge < -0.3 is 5.73 Å². The maximum Gasteiger partial charge on any atom is 0.0393 e. The molecule has 4 rings (SSSR count). The average molecular weight is 364 g/mol. The molecule has 138 valence electrons. The van der Waals surface area contributed by atoms with Crippen LogP contribution in [-0.4, -0.2) is 0 Å². The van der Waals surface area contributed by atoms with Gasteiger partial charge >= 0.3 is 0 Å². The summed E-state index contributed by atoms with van der Waals surface area (Å²) in [5.74, 6) is 0. The summed E-state index contributed by atoms with van der Waals surface area (Å²) in [7, 11) is 0. The van der Waals surface area contributed by atoms with Gasteiger partial charge in [0.2, 0.25) is 0 Å². The fraction of sp³-hybridized carbons (Fsp3) is 0.111. The number of benzene rings is 4. The fourth-order valence-electron chi connectivity index (χ4n) is 3.93. The summed E-state index contributed by atoms with van der Waals surface area (Å²) in [6, 6.07) is 32.1. The number of rotatable bonds is 4. The van der Waals surface area contributed by atoms with Crippen molar-refractivity contribution in [2.75, 3.05) is 5.73 Å². The Balaban J connectivity index is 1.84. The molecule has 0 radical (unpaired) electrons. The van der Waals surface area contributed by atoms with Crippen LogP contribution in [0.4, 0.5) is 5.69 Å². The molecule has 0 aliphatic rings. The first-order chi connectivity index (χ1) is 13.6. The Bertz CT molecular complexity index is 1110. The molecule has 0 heterocycles. The first-order valence-electron chi connectivity index (χ1n) is 9.72. The lowest BCUT2D eigenvalue weighted by molar-refractivity contribution is 1.19. The van der Waals surface area contributed by atoms with Crippen LogP contribution >= 0.6 is 0 Å². The molecule has 28 heavy (non-hydrogen) atoms. The molecule has 4 aromatic carbocycles. The highest BCUT2D eigenvalue weighted by Crippen LogP contribution is 2.36. The summed E-state index contributed by atoms with van der Waals surface area (Å²) in [5.41, 5.74) is 17.2. The van der Waals surface area contributed by atoms with Gasteiger partial charge in [-0.2, -0.15) is 0 Å². The van der Waals surface area contributed by atoms with Gasteiger partial charge in [-0.3, -0.25) is 0 Å². The monoisotopic (exact) mass is 363 g/mol. The third kappa shape index (κ3) is 3.57. The minimum absolute atomic E-state index is 0.818. The van der Waals surface area contributed by atoms with Gasteiger partial charge in [-0.15, -0.1) is 0 Å². The highest BCUT2D eigenvalue weighted by molar-refractivity contribution is 5.84. The molecule has 1 nitrogen and oxygen atoms in total. The van der Waals surface area contributed by atoms with Gasteiger partial charge in [0.25, 0.3) is 0 Å². The lowest BCUT2D eigenvalue weighted by Gasteiger charge is -2.17. The lowest BCUT2D eigenvalue weighted by Crippen LogP contribution is -1.97. The molecule has 2 N–H and O–H groups in total. The van der Waals surface area contributed by atoms with E-state index in [1.807, 2.05) is 18.2 Å². The van der Waals surface area contributed by atoms with E-state index in [4.69, 9.17) is 5.73 Å². The second-order valence-corrected chi connectivity index (χ2v) is 7.39. The van der Waals surface area contributed by atoms with Crippen molar-refractivity contribution in [3.63, 3.8) is 0 Å². The lowest BCUT2D eigenvalue weighted by atomic mass is 9.88. The molecule has 0 atom stereocenters. The van der Waals surface area contributed by atoms with Crippen molar-refractivity contribution < 1.29 is 0 Å². The van der Waals surface area contributed by atoms with Crippen LogP contribution in [0.5, 0.6) is 0 Å². The zero-order valence-corrected chi connectivity index (χ0v) is 16.4. The molecular weight excluding hydrogens is 338 g/mol. The predicted octanol–water partition coefficient (Wildman–Crippen LogP) is 6.81. The summed E-state index contributed by atoms with van der Waals surface area (Å²) < 4.78 is 0. The topological polar surface area (TPSA) is 26.0 Å². The van der Waals surface area contributed by atoms with Gasteiger partial charge in [0, 0.05) is 11.3 Å². The Labute approximate surface area is 167 Å². The Morgan fingerprint density at radius 2 is 1.14 bits per heavy atom. The summed E-state index contributed by atoms with van der Waals surface area (Å²) in [6.45, 7) is 4.36. The number of anilines is 1. The number of nitrogens with two attached hydrogens (primary N) is 1. The Morgan fingerprint density at radius 1 is 0.571 bits per heavy atom. The van der Waals surface area contributed by atoms with Crippen LogP contribution in [0.25, 0.3) is 22.3 Å². The van der Waals surface area contributed by atoms with E-state index in [9.17, 15) is 0 Å². The summed E-state index contributed by atoms with van der Waals surface area (Å²) in [4.78, 5) is 0. The van der Waals surface area contributed by atoms with Gasteiger partial charge in [0.05, 0.1) is 0 Å². The van der Waals surface area contributed by atoms with Gasteiger partial charge in [0.15, 0.2) is 0 Å². The normalized spacial score (nSPS) is 10.8. The van der Waals surface area contributed by atoms with Crippen molar-refractivity contribution in [2.45, 2.75) is 20.3 Å². The third-order valence-electron chi connectivity index (χ3n) is 5.37. The van der Waals surface area contributed by atoms with E-state index < -0.39 is 0 Å². The van der Waals surface area contributed by atoms with Crippen LogP contribution in [0.3, 0.4) is 0 Å². The van der Waals surface area contributed by atoms with E-state index in [0.29, 0.717) is 0 Å². The van der Waals surface area contributed by atoms with Crippen molar-refractivity contribution in [2.24, 2.45) is 0 Å². The SMILES string of the molecule is Cc1cc(C)c(-c2ccccc2Cc2ccccc2)cc1-c1ccccc1N. The van der Waals surface area contributed by atoms with E-state index in [2.05, 4.69) is 86.6 Å². The zero-order chi connectivity index (χ0) is 19.5. The number of para-hydroxylation sites is 1. The smallest absolute Gasteiger partial charge is 0.0393 e. The van der Waals surface area contributed by atoms with Crippen LogP contribution in [0.2, 0.25) is 0 Å². The molecule has 0 spiro atoms. The van der Waals surface area contributed by atoms with Gasteiger partial charge in [-0.25, -0.2) is 0 Å². The second kappa shape index (κ2) is 7.74. The molecule has 0 aliphatic carbocycles. The van der Waals surface area contributed by atoms with Crippen LogP contribution in [0, 0.1) is 13.8 Å². The minimum Gasteiger partial charge on any atom is -0.398 e. The minimum atomic E-state index is 0.818. The molecule has 1 heteroatoms. The highest BCUT2D eigenvalue weighted by atomic mass is 14.6. The molecule has 0 unspecified atom stereocenters. The van der Waals surface area contributed by atoms with Gasteiger partial charge in [-0.1, -0.05) is 78.9 Å². The molecule has 0 bridgehead atoms. The van der Waals surface area contributed by atoms with Crippen molar-refractivity contribution in [1.82, 2.24) is 0 Å². The standard InChI is InChI=1S/C27H25N/c1-19-16-20(2)26(24-14-8-9-15-27(24)28)18-25(19)23-13-7-6-12-22(23)17-21-10-4-3-5-11-21/h3-16,18H,17,28H2,1-2H3. The number of hydrogen-bond acceptors (Lipinski definition) is 1. The van der Waals surface area contributed by atoms with Crippen molar-refractivity contribution in [3.8, 4) is 22.3 Å². The largest absolute Gasteiger partial charge is 0.398 e. The van der Waals surface area contributed by atoms with Crippen molar-refractivity contribution in [3.05, 3.63) is 113 Å². The first kappa shape index (κ1) is 18.1. The van der Waals surface area contributed by atoms with Crippen LogP contribution < -0.4 is 5.73 Å². The van der Waals surface area contributed by atoms with E-state index in [1.165, 1.54) is 38.9 Å². The quantitative estimate of drug-likeness (QED) is 0.396. The Hall–Kier alpha value is -3.32. The van der Waals surface area contributed by atoms with Gasteiger partial charge in [-0.05, 0) is 71.3 Å². The number of hydrogen-bond donors (Lipinski definition) is 1. The maximum absolute atomic E-state index is 6.28. The van der Waals surface area contributed by atoms with Crippen LogP contribution in [0.15, 0.2) is 91.0 Å². The molecule has 0 saturated heterocycles. The Morgan fingerprint density at radius 3 is 1.86 bits per heavy atom. The molecule has 0 aliphatic heterocycles. The van der Waals surface area contributed by atoms with E-state index >= 15 is 0 Å². The fourth-order valence-corrected chi connectivity index (χ4v) is 3.93. The highest BCUT2D eigenvalue weighted by Gasteiger charge is 2.13. The maximum atomic E-state index is 6.28. The molecule has 0 aromatic heterocycles. The molecule has 0 fully saturated rings. The summed E-state index contributed by atoms with van der Waals surface area (Å²) in [6.07, 6.45) is 0.924. The average Bonchev–Trinajstić information content (AvgIpc) is 2.70. The molecule has 4 aromatic rings. The molecule has 0 amide bonds. The summed E-state index contributed by atoms with van der Waals surface area (Å²) >= 11 is 0. The zero-order valence-electron chi connectivity index (χ0n) is 16.4. The van der Waals surface area contributed by atoms with Crippen LogP contribution in [0.1, 0.15) is 22.3 Å². The number of nitrogen functional groups attached to an aromatic ring is 1.